The number of hydrogen-bond acceptors (Lipinski definition) is 6. The van der Waals surface area contributed by atoms with Crippen LogP contribution in [0.25, 0.3) is 10.7 Å². The number of rotatable bonds is 5. The van der Waals surface area contributed by atoms with Crippen molar-refractivity contribution >= 4 is 28.7 Å². The molecule has 0 aliphatic carbocycles. The Morgan fingerprint density at radius 2 is 1.79 bits per heavy atom. The van der Waals surface area contributed by atoms with E-state index >= 15 is 0 Å². The number of ketones is 1. The van der Waals surface area contributed by atoms with E-state index in [0.29, 0.717) is 19.5 Å². The van der Waals surface area contributed by atoms with Crippen LogP contribution in [0.5, 0.6) is 0 Å². The Morgan fingerprint density at radius 1 is 1.03 bits per heavy atom. The minimum absolute atomic E-state index is 0.0696. The largest absolute Gasteiger partial charge is 0.368 e. The number of nitrogens with zero attached hydrogens (tertiary/aromatic N) is 4. The normalized spacial score (nSPS) is 14.1. The van der Waals surface area contributed by atoms with Gasteiger partial charge in [0.05, 0.1) is 17.8 Å². The van der Waals surface area contributed by atoms with E-state index in [4.69, 9.17) is 0 Å². The third-order valence-corrected chi connectivity index (χ3v) is 5.95. The molecule has 3 heterocycles. The van der Waals surface area contributed by atoms with Gasteiger partial charge in [-0.05, 0) is 43.3 Å². The van der Waals surface area contributed by atoms with Crippen LogP contribution in [0.15, 0.2) is 54.0 Å². The molecule has 0 unspecified atom stereocenters. The van der Waals surface area contributed by atoms with Gasteiger partial charge in [-0.3, -0.25) is 14.6 Å². The number of carbonyl (C=O) groups excluding carboxylic acids is 2. The maximum absolute atomic E-state index is 12.7. The number of pyridine rings is 1. The lowest BCUT2D eigenvalue weighted by molar-refractivity contribution is -0.130. The van der Waals surface area contributed by atoms with Gasteiger partial charge in [-0.25, -0.2) is 4.98 Å². The van der Waals surface area contributed by atoms with E-state index in [1.165, 1.54) is 11.3 Å². The van der Waals surface area contributed by atoms with Crippen LogP contribution in [0.4, 0.5) is 5.69 Å². The van der Waals surface area contributed by atoms with Gasteiger partial charge in [0.1, 0.15) is 5.01 Å². The molecule has 1 amide bonds. The highest BCUT2D eigenvalue weighted by atomic mass is 32.1. The minimum Gasteiger partial charge on any atom is -0.368 e. The van der Waals surface area contributed by atoms with Crippen LogP contribution in [0.2, 0.25) is 0 Å². The average Bonchev–Trinajstić information content (AvgIpc) is 3.23. The Morgan fingerprint density at radius 3 is 2.45 bits per heavy atom. The van der Waals surface area contributed by atoms with Crippen LogP contribution >= 0.6 is 11.3 Å². The molecule has 1 saturated heterocycles. The summed E-state index contributed by atoms with van der Waals surface area (Å²) in [5.41, 5.74) is 3.43. The van der Waals surface area contributed by atoms with Gasteiger partial charge in [-0.2, -0.15) is 0 Å². The molecule has 148 valence electrons. The predicted molar refractivity (Wildman–Crippen MR) is 114 cm³/mol. The molecule has 3 aromatic rings. The lowest BCUT2D eigenvalue weighted by atomic mass is 10.1. The first-order chi connectivity index (χ1) is 14.1. The van der Waals surface area contributed by atoms with E-state index in [1.807, 2.05) is 52.7 Å². The topological polar surface area (TPSA) is 66.4 Å². The molecule has 1 aliphatic rings. The van der Waals surface area contributed by atoms with Crippen LogP contribution in [0.1, 0.15) is 23.0 Å². The summed E-state index contributed by atoms with van der Waals surface area (Å²) < 4.78 is 0. The molecule has 1 aliphatic heterocycles. The molecule has 2 aromatic heterocycles. The van der Waals surface area contributed by atoms with Crippen molar-refractivity contribution in [1.29, 1.82) is 0 Å². The summed E-state index contributed by atoms with van der Waals surface area (Å²) >= 11 is 1.52. The van der Waals surface area contributed by atoms with Gasteiger partial charge in [-0.15, -0.1) is 11.3 Å². The quantitative estimate of drug-likeness (QED) is 0.608. The fourth-order valence-electron chi connectivity index (χ4n) is 3.38. The molecule has 0 atom stereocenters. The second-order valence-electron chi connectivity index (χ2n) is 7.01. The van der Waals surface area contributed by atoms with E-state index in [-0.39, 0.29) is 11.7 Å². The molecule has 1 aromatic carbocycles. The van der Waals surface area contributed by atoms with Crippen LogP contribution < -0.4 is 4.90 Å². The van der Waals surface area contributed by atoms with Gasteiger partial charge in [0, 0.05) is 49.0 Å². The number of amides is 1. The van der Waals surface area contributed by atoms with Crippen molar-refractivity contribution in [1.82, 2.24) is 14.9 Å². The van der Waals surface area contributed by atoms with Crippen molar-refractivity contribution in [3.8, 4) is 10.7 Å². The van der Waals surface area contributed by atoms with Crippen molar-refractivity contribution in [2.75, 3.05) is 31.1 Å². The minimum atomic E-state index is 0.0696. The highest BCUT2D eigenvalue weighted by molar-refractivity contribution is 7.13. The standard InChI is InChI=1S/C22H22N4O2S/c1-16(27)17-5-7-19(8-6-17)25-10-12-26(13-11-25)21(28)14-18-15-29-22(24-18)20-4-2-3-9-23-20/h2-9,15H,10-14H2,1H3. The SMILES string of the molecule is CC(=O)c1ccc(N2CCN(C(=O)Cc3csc(-c4ccccn4)n3)CC2)cc1. The highest BCUT2D eigenvalue weighted by Gasteiger charge is 2.22. The summed E-state index contributed by atoms with van der Waals surface area (Å²) in [5.74, 6) is 0.176. The Hall–Kier alpha value is -3.06. The third-order valence-electron chi connectivity index (χ3n) is 5.04. The molecule has 4 rings (SSSR count). The highest BCUT2D eigenvalue weighted by Crippen LogP contribution is 2.22. The van der Waals surface area contributed by atoms with E-state index in [1.54, 1.807) is 13.1 Å². The van der Waals surface area contributed by atoms with E-state index in [0.717, 1.165) is 40.7 Å². The smallest absolute Gasteiger partial charge is 0.228 e. The number of aromatic nitrogens is 2. The molecule has 6 nitrogen and oxygen atoms in total. The number of hydrogen-bond donors (Lipinski definition) is 0. The number of anilines is 1. The molecule has 29 heavy (non-hydrogen) atoms. The first kappa shape index (κ1) is 19.3. The second-order valence-corrected chi connectivity index (χ2v) is 7.86. The van der Waals surface area contributed by atoms with Crippen molar-refractivity contribution in [3.05, 3.63) is 65.3 Å². The Labute approximate surface area is 173 Å². The zero-order chi connectivity index (χ0) is 20.2. The Bertz CT molecular complexity index is 993. The molecule has 0 bridgehead atoms. The van der Waals surface area contributed by atoms with Crippen LogP contribution in [-0.2, 0) is 11.2 Å². The van der Waals surface area contributed by atoms with Gasteiger partial charge in [0.2, 0.25) is 5.91 Å². The maximum atomic E-state index is 12.7. The van der Waals surface area contributed by atoms with Crippen molar-refractivity contribution in [3.63, 3.8) is 0 Å². The summed E-state index contributed by atoms with van der Waals surface area (Å²) in [6.45, 7) is 4.50. The molecule has 7 heteroatoms. The summed E-state index contributed by atoms with van der Waals surface area (Å²) in [6, 6.07) is 13.4. The van der Waals surface area contributed by atoms with Crippen LogP contribution in [0, 0.1) is 0 Å². The van der Waals surface area contributed by atoms with Gasteiger partial charge in [0.25, 0.3) is 0 Å². The lowest BCUT2D eigenvalue weighted by Gasteiger charge is -2.36. The van der Waals surface area contributed by atoms with E-state index in [2.05, 4.69) is 14.9 Å². The van der Waals surface area contributed by atoms with Gasteiger partial charge in [-0.1, -0.05) is 6.07 Å². The predicted octanol–water partition coefficient (Wildman–Crippen LogP) is 3.30. The fourth-order valence-corrected chi connectivity index (χ4v) is 4.18. The van der Waals surface area contributed by atoms with E-state index in [9.17, 15) is 9.59 Å². The van der Waals surface area contributed by atoms with Crippen LogP contribution in [-0.4, -0.2) is 52.7 Å². The number of piperazine rings is 1. The first-order valence-electron chi connectivity index (χ1n) is 9.60. The third kappa shape index (κ3) is 4.51. The van der Waals surface area contributed by atoms with Crippen molar-refractivity contribution in [2.24, 2.45) is 0 Å². The lowest BCUT2D eigenvalue weighted by Crippen LogP contribution is -2.49. The first-order valence-corrected chi connectivity index (χ1v) is 10.5. The summed E-state index contributed by atoms with van der Waals surface area (Å²) in [6.07, 6.45) is 2.06. The summed E-state index contributed by atoms with van der Waals surface area (Å²) in [7, 11) is 0. The zero-order valence-corrected chi connectivity index (χ0v) is 17.1. The number of benzene rings is 1. The molecule has 0 N–H and O–H groups in total. The molecular formula is C22H22N4O2S. The molecular weight excluding hydrogens is 384 g/mol. The Balaban J connectivity index is 1.32. The number of Topliss-reactive ketones (excluding diaryl/α,β-unsaturated/α-hetero) is 1. The number of thiazole rings is 1. The average molecular weight is 407 g/mol. The van der Waals surface area contributed by atoms with E-state index < -0.39 is 0 Å². The zero-order valence-electron chi connectivity index (χ0n) is 16.2. The summed E-state index contributed by atoms with van der Waals surface area (Å²) in [5, 5.41) is 2.78. The second kappa shape index (κ2) is 8.53. The van der Waals surface area contributed by atoms with Gasteiger partial charge < -0.3 is 9.80 Å². The Kier molecular flexibility index (Phi) is 5.67. The molecule has 0 radical (unpaired) electrons. The van der Waals surface area contributed by atoms with Gasteiger partial charge in [0.15, 0.2) is 5.78 Å². The molecule has 0 spiro atoms. The summed E-state index contributed by atoms with van der Waals surface area (Å²) in [4.78, 5) is 37.1. The van der Waals surface area contributed by atoms with Crippen molar-refractivity contribution < 1.29 is 9.59 Å². The monoisotopic (exact) mass is 406 g/mol. The van der Waals surface area contributed by atoms with Crippen molar-refractivity contribution in [2.45, 2.75) is 13.3 Å². The van der Waals surface area contributed by atoms with Gasteiger partial charge >= 0.3 is 0 Å². The maximum Gasteiger partial charge on any atom is 0.228 e. The molecule has 0 saturated carbocycles. The molecule has 1 fully saturated rings. The van der Waals surface area contributed by atoms with Crippen LogP contribution in [0.3, 0.4) is 0 Å². The fraction of sp³-hybridized carbons (Fsp3) is 0.273. The number of carbonyl (C=O) groups is 2.